The predicted octanol–water partition coefficient (Wildman–Crippen LogP) is 5.76. The van der Waals surface area contributed by atoms with Crippen molar-refractivity contribution in [2.24, 2.45) is 0 Å². The van der Waals surface area contributed by atoms with E-state index >= 15 is 0 Å². The maximum absolute atomic E-state index is 14.7. The molecule has 0 atom stereocenters. The second-order valence-corrected chi connectivity index (χ2v) is 5.75. The molecule has 3 nitrogen and oxygen atoms in total. The summed E-state index contributed by atoms with van der Waals surface area (Å²) >= 11 is 0. The SMILES string of the molecule is COc1ccccc1N(c1cc(C)ccc1OC)c1c(F)cccc1F. The number of halogens is 2. The second-order valence-electron chi connectivity index (χ2n) is 5.75. The monoisotopic (exact) mass is 355 g/mol. The fraction of sp³-hybridized carbons (Fsp3) is 0.143. The fourth-order valence-corrected chi connectivity index (χ4v) is 2.86. The molecule has 0 saturated carbocycles. The zero-order chi connectivity index (χ0) is 18.7. The summed E-state index contributed by atoms with van der Waals surface area (Å²) in [5, 5.41) is 0. The number of nitrogens with zero attached hydrogens (tertiary/aromatic N) is 1. The average Bonchev–Trinajstić information content (AvgIpc) is 2.65. The number of methoxy groups -OCH3 is 2. The van der Waals surface area contributed by atoms with E-state index in [2.05, 4.69) is 0 Å². The number of anilines is 3. The number of hydrogen-bond acceptors (Lipinski definition) is 3. The number of aryl methyl sites for hydroxylation is 1. The number of hydrogen-bond donors (Lipinski definition) is 0. The first-order valence-electron chi connectivity index (χ1n) is 8.08. The van der Waals surface area contributed by atoms with Crippen molar-refractivity contribution in [2.45, 2.75) is 6.92 Å². The molecule has 0 aliphatic rings. The highest BCUT2D eigenvalue weighted by molar-refractivity contribution is 5.83. The van der Waals surface area contributed by atoms with Crippen molar-refractivity contribution in [3.63, 3.8) is 0 Å². The molecule has 0 amide bonds. The van der Waals surface area contributed by atoms with Crippen LogP contribution in [0.5, 0.6) is 11.5 Å². The third-order valence-electron chi connectivity index (χ3n) is 4.06. The zero-order valence-electron chi connectivity index (χ0n) is 14.8. The third kappa shape index (κ3) is 3.20. The molecule has 3 rings (SSSR count). The summed E-state index contributed by atoms with van der Waals surface area (Å²) in [6, 6.07) is 16.3. The van der Waals surface area contributed by atoms with Crippen molar-refractivity contribution in [3.05, 3.63) is 77.9 Å². The van der Waals surface area contributed by atoms with Gasteiger partial charge < -0.3 is 9.47 Å². The summed E-state index contributed by atoms with van der Waals surface area (Å²) in [5.74, 6) is -0.387. The van der Waals surface area contributed by atoms with Crippen LogP contribution in [-0.4, -0.2) is 14.2 Å². The molecule has 0 aliphatic carbocycles. The van der Waals surface area contributed by atoms with Crippen LogP contribution >= 0.6 is 0 Å². The van der Waals surface area contributed by atoms with Gasteiger partial charge in [-0.05, 0) is 48.9 Å². The molecule has 0 spiro atoms. The van der Waals surface area contributed by atoms with Gasteiger partial charge in [0.2, 0.25) is 0 Å². The van der Waals surface area contributed by atoms with Gasteiger partial charge in [0.05, 0.1) is 25.6 Å². The van der Waals surface area contributed by atoms with Crippen LogP contribution < -0.4 is 14.4 Å². The molecule has 5 heteroatoms. The van der Waals surface area contributed by atoms with E-state index in [1.807, 2.05) is 19.1 Å². The molecule has 0 unspecified atom stereocenters. The quantitative estimate of drug-likeness (QED) is 0.581. The molecule has 0 bridgehead atoms. The lowest BCUT2D eigenvalue weighted by Gasteiger charge is -2.29. The molecule has 0 heterocycles. The molecule has 0 N–H and O–H groups in total. The smallest absolute Gasteiger partial charge is 0.150 e. The molecule has 0 fully saturated rings. The Balaban J connectivity index is 2.36. The summed E-state index contributed by atoms with van der Waals surface area (Å²) in [6.07, 6.45) is 0. The zero-order valence-corrected chi connectivity index (χ0v) is 14.8. The first-order chi connectivity index (χ1) is 12.6. The molecule has 0 aliphatic heterocycles. The van der Waals surface area contributed by atoms with E-state index in [1.54, 1.807) is 30.3 Å². The summed E-state index contributed by atoms with van der Waals surface area (Å²) in [7, 11) is 3.04. The van der Waals surface area contributed by atoms with Crippen LogP contribution in [0.4, 0.5) is 25.8 Å². The van der Waals surface area contributed by atoms with Gasteiger partial charge in [-0.1, -0.05) is 24.3 Å². The van der Waals surface area contributed by atoms with Gasteiger partial charge in [0.1, 0.15) is 28.8 Å². The first kappa shape index (κ1) is 17.7. The molecule has 0 radical (unpaired) electrons. The Hall–Kier alpha value is -3.08. The summed E-state index contributed by atoms with van der Waals surface area (Å²) in [4.78, 5) is 1.48. The van der Waals surface area contributed by atoms with E-state index in [1.165, 1.54) is 37.3 Å². The minimum atomic E-state index is -0.681. The highest BCUT2D eigenvalue weighted by atomic mass is 19.1. The number of benzene rings is 3. The van der Waals surface area contributed by atoms with Crippen molar-refractivity contribution in [2.75, 3.05) is 19.1 Å². The van der Waals surface area contributed by atoms with Crippen LogP contribution in [0.25, 0.3) is 0 Å². The van der Waals surface area contributed by atoms with E-state index in [-0.39, 0.29) is 5.69 Å². The lowest BCUT2D eigenvalue weighted by atomic mass is 10.1. The molecule has 0 saturated heterocycles. The molecule has 26 heavy (non-hydrogen) atoms. The van der Waals surface area contributed by atoms with Crippen LogP contribution in [0.2, 0.25) is 0 Å². The van der Waals surface area contributed by atoms with Gasteiger partial charge in [-0.15, -0.1) is 0 Å². The van der Waals surface area contributed by atoms with Crippen LogP contribution in [0.15, 0.2) is 60.7 Å². The van der Waals surface area contributed by atoms with E-state index in [4.69, 9.17) is 9.47 Å². The van der Waals surface area contributed by atoms with Gasteiger partial charge in [0.15, 0.2) is 0 Å². The molecular formula is C21H19F2NO2. The largest absolute Gasteiger partial charge is 0.495 e. The third-order valence-corrected chi connectivity index (χ3v) is 4.06. The van der Waals surface area contributed by atoms with Crippen molar-refractivity contribution < 1.29 is 18.3 Å². The number of rotatable bonds is 5. The van der Waals surface area contributed by atoms with Crippen molar-refractivity contribution in [3.8, 4) is 11.5 Å². The van der Waals surface area contributed by atoms with Gasteiger partial charge in [0.25, 0.3) is 0 Å². The minimum Gasteiger partial charge on any atom is -0.495 e. The highest BCUT2D eigenvalue weighted by Crippen LogP contribution is 2.45. The van der Waals surface area contributed by atoms with Crippen molar-refractivity contribution >= 4 is 17.1 Å². The molecule has 3 aromatic rings. The molecule has 0 aromatic heterocycles. The summed E-state index contributed by atoms with van der Waals surface area (Å²) in [6.45, 7) is 1.90. The normalized spacial score (nSPS) is 10.5. The standard InChI is InChI=1S/C21H19F2NO2/c1-14-11-12-20(26-3)18(13-14)24(17-9-4-5-10-19(17)25-2)21-15(22)7-6-8-16(21)23/h4-13H,1-3H3. The van der Waals surface area contributed by atoms with Crippen LogP contribution in [0, 0.1) is 18.6 Å². The van der Waals surface area contributed by atoms with Crippen LogP contribution in [-0.2, 0) is 0 Å². The molecule has 3 aromatic carbocycles. The van der Waals surface area contributed by atoms with Gasteiger partial charge in [0, 0.05) is 0 Å². The van der Waals surface area contributed by atoms with Gasteiger partial charge in [-0.25, -0.2) is 8.78 Å². The minimum absolute atomic E-state index is 0.194. The number of para-hydroxylation sites is 3. The van der Waals surface area contributed by atoms with Crippen molar-refractivity contribution in [1.82, 2.24) is 0 Å². The van der Waals surface area contributed by atoms with E-state index in [9.17, 15) is 8.78 Å². The lowest BCUT2D eigenvalue weighted by molar-refractivity contribution is 0.412. The summed E-state index contributed by atoms with van der Waals surface area (Å²) < 4.78 is 40.2. The molecule has 134 valence electrons. The summed E-state index contributed by atoms with van der Waals surface area (Å²) in [5.41, 5.74) is 1.75. The van der Waals surface area contributed by atoms with Crippen LogP contribution in [0.1, 0.15) is 5.56 Å². The Labute approximate surface area is 151 Å². The Bertz CT molecular complexity index is 907. The Morgan fingerprint density at radius 1 is 0.731 bits per heavy atom. The second kappa shape index (κ2) is 7.44. The van der Waals surface area contributed by atoms with Gasteiger partial charge >= 0.3 is 0 Å². The number of ether oxygens (including phenoxy) is 2. The fourth-order valence-electron chi connectivity index (χ4n) is 2.86. The maximum Gasteiger partial charge on any atom is 0.150 e. The van der Waals surface area contributed by atoms with E-state index in [0.29, 0.717) is 22.9 Å². The van der Waals surface area contributed by atoms with E-state index < -0.39 is 11.6 Å². The Kier molecular flexibility index (Phi) is 5.07. The topological polar surface area (TPSA) is 21.7 Å². The van der Waals surface area contributed by atoms with Gasteiger partial charge in [-0.3, -0.25) is 4.90 Å². The average molecular weight is 355 g/mol. The molecular weight excluding hydrogens is 336 g/mol. The Morgan fingerprint density at radius 3 is 2.00 bits per heavy atom. The predicted molar refractivity (Wildman–Crippen MR) is 98.9 cm³/mol. The van der Waals surface area contributed by atoms with Crippen molar-refractivity contribution in [1.29, 1.82) is 0 Å². The highest BCUT2D eigenvalue weighted by Gasteiger charge is 2.25. The lowest BCUT2D eigenvalue weighted by Crippen LogP contribution is -2.15. The van der Waals surface area contributed by atoms with Gasteiger partial charge in [-0.2, -0.15) is 0 Å². The Morgan fingerprint density at radius 2 is 1.35 bits per heavy atom. The maximum atomic E-state index is 14.7. The van der Waals surface area contributed by atoms with E-state index in [0.717, 1.165) is 5.56 Å². The first-order valence-corrected chi connectivity index (χ1v) is 8.08. The van der Waals surface area contributed by atoms with Crippen LogP contribution in [0.3, 0.4) is 0 Å².